The normalized spacial score (nSPS) is 13.5. The smallest absolute Gasteiger partial charge is 0.407 e. The van der Waals surface area contributed by atoms with Gasteiger partial charge in [0.15, 0.2) is 0 Å². The number of carbonyl (C=O) groups is 1. The van der Waals surface area contributed by atoms with Gasteiger partial charge in [-0.25, -0.2) is 4.79 Å². The monoisotopic (exact) mass is 346 g/mol. The van der Waals surface area contributed by atoms with Crippen LogP contribution in [0.15, 0.2) is 24.3 Å². The summed E-state index contributed by atoms with van der Waals surface area (Å²) in [6, 6.07) is 7.54. The van der Waals surface area contributed by atoms with Crippen LogP contribution in [-0.2, 0) is 15.9 Å². The third-order valence-electron chi connectivity index (χ3n) is 3.05. The Bertz CT molecular complexity index is 522. The fourth-order valence-corrected chi connectivity index (χ4v) is 2.88. The summed E-state index contributed by atoms with van der Waals surface area (Å²) >= 11 is 1.50. The van der Waals surface area contributed by atoms with E-state index < -0.39 is 13.5 Å². The Kier molecular flexibility index (Phi) is 7.79. The average molecular weight is 346 g/mol. The summed E-state index contributed by atoms with van der Waals surface area (Å²) in [5, 5.41) is 2.49. The first-order valence-corrected chi connectivity index (χ1v) is 10.1. The molecule has 0 fully saturated rings. The molecular weight excluding hydrogens is 323 g/mol. The number of hydrogen-bond donors (Lipinski definition) is 3. The zero-order valence-electron chi connectivity index (χ0n) is 13.0. The first kappa shape index (κ1) is 18.9. The molecule has 0 aliphatic carbocycles. The standard InChI is InChI=1S/C14H23N2O4PS/c1-11(2)21(18,19)9-8-15-14(17)20-10-12-4-6-13(7-5-12)16-22-3/h4-7,11,16H,8-10H2,1-3H3,(H,15,17)(H,18,19). The van der Waals surface area contributed by atoms with Crippen molar-refractivity contribution in [3.05, 3.63) is 29.8 Å². The highest BCUT2D eigenvalue weighted by Crippen LogP contribution is 2.44. The Morgan fingerprint density at radius 1 is 1.36 bits per heavy atom. The minimum absolute atomic E-state index is 0.0504. The first-order valence-electron chi connectivity index (χ1n) is 6.95. The van der Waals surface area contributed by atoms with E-state index in [9.17, 15) is 14.3 Å². The van der Waals surface area contributed by atoms with E-state index in [0.29, 0.717) is 0 Å². The molecule has 0 spiro atoms. The molecule has 22 heavy (non-hydrogen) atoms. The lowest BCUT2D eigenvalue weighted by Gasteiger charge is -2.15. The molecule has 3 N–H and O–H groups in total. The van der Waals surface area contributed by atoms with Crippen molar-refractivity contribution in [1.29, 1.82) is 0 Å². The zero-order valence-corrected chi connectivity index (χ0v) is 14.7. The highest BCUT2D eigenvalue weighted by atomic mass is 32.2. The van der Waals surface area contributed by atoms with Gasteiger partial charge in [0, 0.05) is 30.3 Å². The molecular formula is C14H23N2O4PS. The van der Waals surface area contributed by atoms with Crippen molar-refractivity contribution in [3.63, 3.8) is 0 Å². The molecule has 0 bridgehead atoms. The van der Waals surface area contributed by atoms with Crippen LogP contribution >= 0.6 is 19.3 Å². The maximum atomic E-state index is 11.7. The largest absolute Gasteiger partial charge is 0.445 e. The summed E-state index contributed by atoms with van der Waals surface area (Å²) in [5.74, 6) is 0. The van der Waals surface area contributed by atoms with Crippen molar-refractivity contribution in [2.75, 3.05) is 23.7 Å². The number of nitrogens with one attached hydrogen (secondary N) is 2. The number of ether oxygens (including phenoxy) is 1. The molecule has 124 valence electrons. The van der Waals surface area contributed by atoms with Gasteiger partial charge in [0.05, 0.1) is 0 Å². The van der Waals surface area contributed by atoms with E-state index >= 15 is 0 Å². The van der Waals surface area contributed by atoms with Crippen molar-refractivity contribution in [1.82, 2.24) is 5.32 Å². The summed E-state index contributed by atoms with van der Waals surface area (Å²) in [4.78, 5) is 21.2. The highest BCUT2D eigenvalue weighted by molar-refractivity contribution is 7.99. The van der Waals surface area contributed by atoms with Crippen molar-refractivity contribution in [2.45, 2.75) is 26.1 Å². The van der Waals surface area contributed by atoms with Gasteiger partial charge in [-0.1, -0.05) is 37.9 Å². The lowest BCUT2D eigenvalue weighted by atomic mass is 10.2. The molecule has 0 aliphatic rings. The quantitative estimate of drug-likeness (QED) is 0.495. The summed E-state index contributed by atoms with van der Waals surface area (Å²) in [6.07, 6.45) is 1.40. The van der Waals surface area contributed by atoms with Gasteiger partial charge in [-0.2, -0.15) is 0 Å². The topological polar surface area (TPSA) is 87.7 Å². The molecule has 6 nitrogen and oxygen atoms in total. The van der Waals surface area contributed by atoms with Gasteiger partial charge in [0.25, 0.3) is 0 Å². The van der Waals surface area contributed by atoms with Crippen LogP contribution in [0.2, 0.25) is 0 Å². The van der Waals surface area contributed by atoms with Crippen LogP contribution in [0.5, 0.6) is 0 Å². The van der Waals surface area contributed by atoms with E-state index in [-0.39, 0.29) is 25.0 Å². The summed E-state index contributed by atoms with van der Waals surface area (Å²) in [5.41, 5.74) is 1.55. The van der Waals surface area contributed by atoms with Crippen molar-refractivity contribution in [2.24, 2.45) is 0 Å². The molecule has 0 saturated heterocycles. The van der Waals surface area contributed by atoms with E-state index in [1.807, 2.05) is 30.5 Å². The molecule has 1 amide bonds. The van der Waals surface area contributed by atoms with Gasteiger partial charge in [-0.3, -0.25) is 4.57 Å². The molecule has 1 rings (SSSR count). The Labute approximate surface area is 135 Å². The van der Waals surface area contributed by atoms with Gasteiger partial charge in [0.1, 0.15) is 6.61 Å². The number of anilines is 1. The minimum atomic E-state index is -3.19. The van der Waals surface area contributed by atoms with E-state index in [2.05, 4.69) is 10.0 Å². The fraction of sp³-hybridized carbons (Fsp3) is 0.500. The summed E-state index contributed by atoms with van der Waals surface area (Å²) in [6.45, 7) is 3.66. The van der Waals surface area contributed by atoms with Crippen LogP contribution < -0.4 is 10.0 Å². The maximum Gasteiger partial charge on any atom is 0.407 e. The second kappa shape index (κ2) is 9.08. The van der Waals surface area contributed by atoms with Crippen molar-refractivity contribution >= 4 is 31.1 Å². The van der Waals surface area contributed by atoms with Crippen LogP contribution in [0.1, 0.15) is 19.4 Å². The molecule has 0 aromatic heterocycles. The number of amides is 1. The maximum absolute atomic E-state index is 11.7. The summed E-state index contributed by atoms with van der Waals surface area (Å²) < 4.78 is 19.9. The Hall–Kier alpha value is -1.17. The van der Waals surface area contributed by atoms with E-state index in [1.165, 1.54) is 11.9 Å². The van der Waals surface area contributed by atoms with Crippen LogP contribution in [0, 0.1) is 0 Å². The third kappa shape index (κ3) is 6.73. The Balaban J connectivity index is 2.30. The summed E-state index contributed by atoms with van der Waals surface area (Å²) in [7, 11) is -3.19. The second-order valence-electron chi connectivity index (χ2n) is 5.08. The first-order chi connectivity index (χ1) is 10.3. The van der Waals surface area contributed by atoms with Crippen LogP contribution in [0.4, 0.5) is 10.5 Å². The number of carbonyl (C=O) groups excluding carboxylic acids is 1. The van der Waals surface area contributed by atoms with Crippen LogP contribution in [-0.4, -0.2) is 35.6 Å². The lowest BCUT2D eigenvalue weighted by Crippen LogP contribution is -2.27. The minimum Gasteiger partial charge on any atom is -0.445 e. The third-order valence-corrected chi connectivity index (χ3v) is 5.97. The lowest BCUT2D eigenvalue weighted by molar-refractivity contribution is 0.140. The van der Waals surface area contributed by atoms with Crippen molar-refractivity contribution in [3.8, 4) is 0 Å². The fourth-order valence-electron chi connectivity index (χ4n) is 1.56. The van der Waals surface area contributed by atoms with Crippen LogP contribution in [0.25, 0.3) is 0 Å². The molecule has 0 heterocycles. The van der Waals surface area contributed by atoms with Gasteiger partial charge in [-0.05, 0) is 17.7 Å². The van der Waals surface area contributed by atoms with Crippen molar-refractivity contribution < 1.29 is 19.0 Å². The van der Waals surface area contributed by atoms with Gasteiger partial charge in [-0.15, -0.1) is 0 Å². The van der Waals surface area contributed by atoms with E-state index in [0.717, 1.165) is 11.3 Å². The molecule has 1 atom stereocenters. The number of rotatable bonds is 8. The molecule has 0 saturated carbocycles. The van der Waals surface area contributed by atoms with Gasteiger partial charge < -0.3 is 19.7 Å². The molecule has 0 radical (unpaired) electrons. The highest BCUT2D eigenvalue weighted by Gasteiger charge is 2.22. The SMILES string of the molecule is CSNc1ccc(COC(=O)NCCP(=O)(O)C(C)C)cc1. The predicted molar refractivity (Wildman–Crippen MR) is 91.6 cm³/mol. The van der Waals surface area contributed by atoms with E-state index in [1.54, 1.807) is 13.8 Å². The number of benzene rings is 1. The van der Waals surface area contributed by atoms with Gasteiger partial charge >= 0.3 is 6.09 Å². The van der Waals surface area contributed by atoms with Crippen LogP contribution in [0.3, 0.4) is 0 Å². The molecule has 1 aromatic carbocycles. The van der Waals surface area contributed by atoms with E-state index in [4.69, 9.17) is 4.74 Å². The zero-order chi connectivity index (χ0) is 16.6. The molecule has 1 unspecified atom stereocenters. The van der Waals surface area contributed by atoms with Gasteiger partial charge in [0.2, 0.25) is 7.37 Å². The average Bonchev–Trinajstić information content (AvgIpc) is 2.46. The molecule has 0 aliphatic heterocycles. The number of hydrogen-bond acceptors (Lipinski definition) is 5. The molecule has 1 aromatic rings. The number of alkyl carbamates (subject to hydrolysis) is 1. The molecule has 8 heteroatoms. The Morgan fingerprint density at radius 2 is 2.00 bits per heavy atom. The predicted octanol–water partition coefficient (Wildman–Crippen LogP) is 3.28. The second-order valence-corrected chi connectivity index (χ2v) is 8.68. The Morgan fingerprint density at radius 3 is 2.55 bits per heavy atom.